The molecule has 0 unspecified atom stereocenters. The summed E-state index contributed by atoms with van der Waals surface area (Å²) in [6.45, 7) is 0. The number of aromatic nitrogens is 2. The minimum atomic E-state index is -1.75. The lowest BCUT2D eigenvalue weighted by Gasteiger charge is -2.06. The molecule has 0 aliphatic heterocycles. The Labute approximate surface area is 120 Å². The van der Waals surface area contributed by atoms with Gasteiger partial charge in [-0.1, -0.05) is 0 Å². The second kappa shape index (κ2) is 8.13. The van der Waals surface area contributed by atoms with Crippen molar-refractivity contribution >= 4 is 12.6 Å². The molecule has 0 fully saturated rings. The summed E-state index contributed by atoms with van der Waals surface area (Å²) in [6.07, 6.45) is 2.50. The van der Waals surface area contributed by atoms with Gasteiger partial charge in [-0.15, -0.1) is 0 Å². The van der Waals surface area contributed by atoms with Crippen LogP contribution >= 0.6 is 0 Å². The smallest absolute Gasteiger partial charge is 0.492 e. The molecule has 0 atom stereocenters. The number of nitrogens with zero attached hydrogens (tertiary/aromatic N) is 2. The summed E-state index contributed by atoms with van der Waals surface area (Å²) < 4.78 is 34.3. The minimum Gasteiger partial charge on any atom is -0.492 e. The average Bonchev–Trinajstić information content (AvgIpc) is 2.48. The predicted octanol–water partition coefficient (Wildman–Crippen LogP) is 0.138. The molecule has 2 heterocycles. The number of ether oxygens (including phenoxy) is 2. The van der Waals surface area contributed by atoms with Gasteiger partial charge in [0.25, 0.3) is 11.9 Å². The van der Waals surface area contributed by atoms with Crippen LogP contribution in [0.5, 0.6) is 11.5 Å². The topological polar surface area (TPSA) is 84.7 Å². The molecule has 0 radical (unpaired) electrons. The van der Waals surface area contributed by atoms with E-state index in [9.17, 15) is 8.78 Å². The molecule has 2 aromatic heterocycles. The molecular weight excluding hydrogens is 285 g/mol. The third-order valence-corrected chi connectivity index (χ3v) is 2.32. The second-order valence-corrected chi connectivity index (χ2v) is 3.59. The van der Waals surface area contributed by atoms with Gasteiger partial charge in [0.15, 0.2) is 11.5 Å². The van der Waals surface area contributed by atoms with E-state index >= 15 is 0 Å². The Morgan fingerprint density at radius 1 is 1.00 bits per heavy atom. The van der Waals surface area contributed by atoms with Gasteiger partial charge >= 0.3 is 7.12 Å². The molecule has 2 N–H and O–H groups in total. The average molecular weight is 298 g/mol. The number of pyridine rings is 2. The Bertz CT molecular complexity index is 587. The highest BCUT2D eigenvalue weighted by Crippen LogP contribution is 2.11. The van der Waals surface area contributed by atoms with Crippen LogP contribution in [0.25, 0.3) is 0 Å². The third kappa shape index (κ3) is 4.65. The van der Waals surface area contributed by atoms with Crippen molar-refractivity contribution in [3.05, 3.63) is 42.5 Å². The van der Waals surface area contributed by atoms with Crippen molar-refractivity contribution in [2.45, 2.75) is 0 Å². The Hall–Kier alpha value is -2.26. The summed E-state index contributed by atoms with van der Waals surface area (Å²) in [5.74, 6) is -1.49. The normalized spacial score (nSPS) is 9.43. The molecule has 0 aliphatic rings. The van der Waals surface area contributed by atoms with Gasteiger partial charge in [-0.3, -0.25) is 0 Å². The Kier molecular flexibility index (Phi) is 6.50. The number of hydrogen-bond acceptors (Lipinski definition) is 6. The van der Waals surface area contributed by atoms with Crippen LogP contribution in [0.15, 0.2) is 30.6 Å². The van der Waals surface area contributed by atoms with Gasteiger partial charge < -0.3 is 19.5 Å². The fourth-order valence-electron chi connectivity index (χ4n) is 1.37. The molecule has 0 spiro atoms. The number of methoxy groups -OCH3 is 2. The summed E-state index contributed by atoms with van der Waals surface area (Å²) in [5.41, 5.74) is -0.0370. The molecule has 9 heteroatoms. The van der Waals surface area contributed by atoms with Crippen LogP contribution in [0.3, 0.4) is 0 Å². The summed E-state index contributed by atoms with van der Waals surface area (Å²) in [7, 11) is 0.879. The van der Waals surface area contributed by atoms with Crippen molar-refractivity contribution in [3.8, 4) is 11.5 Å². The van der Waals surface area contributed by atoms with E-state index < -0.39 is 19.0 Å². The van der Waals surface area contributed by atoms with E-state index in [1.54, 1.807) is 6.07 Å². The summed E-state index contributed by atoms with van der Waals surface area (Å²) >= 11 is 0. The van der Waals surface area contributed by atoms with E-state index in [1.165, 1.54) is 32.5 Å². The highest BCUT2D eigenvalue weighted by Gasteiger charge is 2.19. The lowest BCUT2D eigenvalue weighted by molar-refractivity contribution is 0.374. The summed E-state index contributed by atoms with van der Waals surface area (Å²) in [5, 5.41) is 17.5. The van der Waals surface area contributed by atoms with E-state index in [2.05, 4.69) is 19.4 Å². The van der Waals surface area contributed by atoms with E-state index in [-0.39, 0.29) is 17.0 Å². The van der Waals surface area contributed by atoms with E-state index in [0.29, 0.717) is 0 Å². The summed E-state index contributed by atoms with van der Waals surface area (Å²) in [4.78, 5) is 6.64. The Morgan fingerprint density at radius 2 is 1.67 bits per heavy atom. The molecule has 2 aromatic rings. The van der Waals surface area contributed by atoms with Gasteiger partial charge in [0.05, 0.1) is 14.2 Å². The summed E-state index contributed by atoms with van der Waals surface area (Å²) in [6, 6.07) is 4.40. The van der Waals surface area contributed by atoms with E-state index in [4.69, 9.17) is 10.0 Å². The number of hydrogen-bond donors (Lipinski definition) is 2. The quantitative estimate of drug-likeness (QED) is 0.619. The van der Waals surface area contributed by atoms with Crippen molar-refractivity contribution < 1.29 is 28.3 Å². The van der Waals surface area contributed by atoms with Crippen LogP contribution in [0.4, 0.5) is 8.78 Å². The molecule has 0 saturated heterocycles. The lowest BCUT2D eigenvalue weighted by Crippen LogP contribution is -2.32. The van der Waals surface area contributed by atoms with E-state index in [0.717, 1.165) is 6.20 Å². The van der Waals surface area contributed by atoms with Crippen molar-refractivity contribution in [2.75, 3.05) is 14.2 Å². The van der Waals surface area contributed by atoms with Crippen molar-refractivity contribution in [1.82, 2.24) is 9.97 Å². The molecular formula is C12H13BF2N2O4. The zero-order valence-corrected chi connectivity index (χ0v) is 11.3. The first-order chi connectivity index (χ1) is 10.0. The fourth-order valence-corrected chi connectivity index (χ4v) is 1.37. The van der Waals surface area contributed by atoms with Gasteiger partial charge in [-0.25, -0.2) is 9.97 Å². The maximum atomic E-state index is 12.8. The first kappa shape index (κ1) is 16.8. The largest absolute Gasteiger partial charge is 0.492 e. The van der Waals surface area contributed by atoms with Crippen LogP contribution in [-0.2, 0) is 0 Å². The first-order valence-electron chi connectivity index (χ1n) is 5.70. The highest BCUT2D eigenvalue weighted by atomic mass is 19.1. The molecule has 0 aromatic carbocycles. The molecule has 0 aliphatic carbocycles. The van der Waals surface area contributed by atoms with Crippen LogP contribution in [0, 0.1) is 11.9 Å². The van der Waals surface area contributed by atoms with Gasteiger partial charge in [-0.2, -0.15) is 8.78 Å². The van der Waals surface area contributed by atoms with Crippen molar-refractivity contribution in [3.63, 3.8) is 0 Å². The van der Waals surface area contributed by atoms with Crippen LogP contribution in [0.2, 0.25) is 0 Å². The van der Waals surface area contributed by atoms with E-state index in [1.807, 2.05) is 0 Å². The van der Waals surface area contributed by atoms with Gasteiger partial charge in [0.1, 0.15) is 0 Å². The molecule has 0 amide bonds. The Morgan fingerprint density at radius 3 is 2.10 bits per heavy atom. The van der Waals surface area contributed by atoms with Gasteiger partial charge in [-0.05, 0) is 18.2 Å². The first-order valence-corrected chi connectivity index (χ1v) is 5.70. The van der Waals surface area contributed by atoms with Crippen molar-refractivity contribution in [1.29, 1.82) is 0 Å². The number of rotatable bonds is 3. The SMILES string of the molecule is COc1c(B(O)O)ccnc1F.COc1cccnc1F. The van der Waals surface area contributed by atoms with Crippen molar-refractivity contribution in [2.24, 2.45) is 0 Å². The molecule has 0 saturated carbocycles. The Balaban J connectivity index is 0.000000219. The zero-order valence-electron chi connectivity index (χ0n) is 11.3. The van der Waals surface area contributed by atoms with Crippen LogP contribution in [-0.4, -0.2) is 41.4 Å². The molecule has 21 heavy (non-hydrogen) atoms. The second-order valence-electron chi connectivity index (χ2n) is 3.59. The molecule has 2 rings (SSSR count). The predicted molar refractivity (Wildman–Crippen MR) is 71.3 cm³/mol. The third-order valence-electron chi connectivity index (χ3n) is 2.32. The standard InChI is InChI=1S/C6H7BFNO3.C6H6FNO/c1-12-5-4(7(10)11)2-3-9-6(5)8;1-9-5-3-2-4-8-6(5)7/h2-3,10-11H,1H3;2-4H,1H3. The van der Waals surface area contributed by atoms with Gasteiger partial charge in [0, 0.05) is 17.9 Å². The molecule has 6 nitrogen and oxygen atoms in total. The molecule has 112 valence electrons. The van der Waals surface area contributed by atoms with Crippen LogP contribution < -0.4 is 14.9 Å². The lowest BCUT2D eigenvalue weighted by atomic mass is 9.80. The maximum Gasteiger partial charge on any atom is 0.492 e. The minimum absolute atomic E-state index is 0.0370. The monoisotopic (exact) mass is 298 g/mol. The maximum absolute atomic E-state index is 12.8. The van der Waals surface area contributed by atoms with Gasteiger partial charge in [0.2, 0.25) is 0 Å². The fraction of sp³-hybridized carbons (Fsp3) is 0.167. The van der Waals surface area contributed by atoms with Crippen LogP contribution in [0.1, 0.15) is 0 Å². The molecule has 0 bridgehead atoms. The number of halogens is 2. The zero-order chi connectivity index (χ0) is 15.8. The highest BCUT2D eigenvalue weighted by molar-refractivity contribution is 6.59.